The van der Waals surface area contributed by atoms with Crippen LogP contribution in [0.4, 0.5) is 0 Å². The molecular formula is C14H20N4O. The predicted molar refractivity (Wildman–Crippen MR) is 76.3 cm³/mol. The van der Waals surface area contributed by atoms with Gasteiger partial charge in [0.05, 0.1) is 11.0 Å². The lowest BCUT2D eigenvalue weighted by atomic mass is 9.89. The number of fused-ring (bicyclic) bond motifs is 1. The molecule has 1 aliphatic rings. The quantitative estimate of drug-likeness (QED) is 0.651. The Hall–Kier alpha value is -1.59. The first-order chi connectivity index (χ1) is 9.18. The lowest BCUT2D eigenvalue weighted by Crippen LogP contribution is -2.33. The molecule has 1 aromatic heterocycles. The monoisotopic (exact) mass is 260 g/mol. The van der Waals surface area contributed by atoms with E-state index < -0.39 is 0 Å². The van der Waals surface area contributed by atoms with Gasteiger partial charge < -0.3 is 20.6 Å². The fourth-order valence-electron chi connectivity index (χ4n) is 3.14. The molecule has 1 saturated carbocycles. The highest BCUT2D eigenvalue weighted by Gasteiger charge is 2.48. The number of hydrogen-bond acceptors (Lipinski definition) is 3. The number of aromatic amines is 2. The molecule has 0 spiro atoms. The van der Waals surface area contributed by atoms with Gasteiger partial charge in [0.1, 0.15) is 0 Å². The second-order valence-corrected chi connectivity index (χ2v) is 5.50. The summed E-state index contributed by atoms with van der Waals surface area (Å²) < 4.78 is 0. The van der Waals surface area contributed by atoms with Gasteiger partial charge in [-0.25, -0.2) is 4.79 Å². The van der Waals surface area contributed by atoms with Crippen LogP contribution in [0.15, 0.2) is 23.0 Å². The summed E-state index contributed by atoms with van der Waals surface area (Å²) in [7, 11) is 4.00. The van der Waals surface area contributed by atoms with Crippen LogP contribution in [-0.4, -0.2) is 30.6 Å². The van der Waals surface area contributed by atoms with Crippen LogP contribution >= 0.6 is 0 Å². The molecule has 0 bridgehead atoms. The van der Waals surface area contributed by atoms with Crippen molar-refractivity contribution in [1.29, 1.82) is 0 Å². The van der Waals surface area contributed by atoms with Crippen LogP contribution in [0.5, 0.6) is 0 Å². The minimum absolute atomic E-state index is 0.149. The summed E-state index contributed by atoms with van der Waals surface area (Å²) in [4.78, 5) is 16.9. The predicted octanol–water partition coefficient (Wildman–Crippen LogP) is 1.12. The summed E-state index contributed by atoms with van der Waals surface area (Å²) in [6.07, 6.45) is 2.47. The van der Waals surface area contributed by atoms with Crippen LogP contribution in [0.2, 0.25) is 0 Å². The Bertz CT molecular complexity index is 638. The highest BCUT2D eigenvalue weighted by molar-refractivity contribution is 5.75. The van der Waals surface area contributed by atoms with Gasteiger partial charge in [-0.3, -0.25) is 0 Å². The van der Waals surface area contributed by atoms with E-state index in [1.165, 1.54) is 18.4 Å². The maximum atomic E-state index is 11.3. The smallest absolute Gasteiger partial charge is 0.319 e. The number of H-pyrrole nitrogens is 2. The first-order valence-electron chi connectivity index (χ1n) is 6.72. The molecule has 2 aromatic rings. The Kier molecular flexibility index (Phi) is 2.95. The maximum Gasteiger partial charge on any atom is 0.323 e. The Labute approximate surface area is 111 Å². The molecule has 1 fully saturated rings. The fourth-order valence-corrected chi connectivity index (χ4v) is 3.14. The molecule has 3 rings (SSSR count). The van der Waals surface area contributed by atoms with Gasteiger partial charge in [-0.2, -0.15) is 0 Å². The molecule has 1 aromatic carbocycles. The Balaban J connectivity index is 1.99. The number of benzene rings is 1. The largest absolute Gasteiger partial charge is 0.323 e. The van der Waals surface area contributed by atoms with Gasteiger partial charge in [0.25, 0.3) is 0 Å². The molecule has 1 atom stereocenters. The van der Waals surface area contributed by atoms with Crippen molar-refractivity contribution in [3.63, 3.8) is 0 Å². The zero-order valence-corrected chi connectivity index (χ0v) is 11.3. The van der Waals surface area contributed by atoms with Gasteiger partial charge in [0.15, 0.2) is 0 Å². The van der Waals surface area contributed by atoms with Gasteiger partial charge in [-0.05, 0) is 44.6 Å². The summed E-state index contributed by atoms with van der Waals surface area (Å²) >= 11 is 0. The van der Waals surface area contributed by atoms with Crippen molar-refractivity contribution >= 4 is 11.0 Å². The molecule has 0 aliphatic heterocycles. The molecule has 1 aliphatic carbocycles. The standard InChI is InChI=1S/C14H20N4O/c1-15-8-14(5-6-14)12(16-2)9-3-4-10-11(7-9)18-13(19)17-10/h3-4,7,12,15-16H,5-6,8H2,1-2H3,(H2,17,18,19). The van der Waals surface area contributed by atoms with E-state index in [0.717, 1.165) is 17.6 Å². The average molecular weight is 260 g/mol. The van der Waals surface area contributed by atoms with Crippen LogP contribution in [0.3, 0.4) is 0 Å². The number of nitrogens with one attached hydrogen (secondary N) is 4. The molecule has 102 valence electrons. The van der Waals surface area contributed by atoms with Crippen LogP contribution in [0.1, 0.15) is 24.4 Å². The van der Waals surface area contributed by atoms with Crippen molar-refractivity contribution in [3.05, 3.63) is 34.2 Å². The molecule has 19 heavy (non-hydrogen) atoms. The number of rotatable bonds is 5. The number of aromatic nitrogens is 2. The summed E-state index contributed by atoms with van der Waals surface area (Å²) in [6.45, 7) is 1.01. The van der Waals surface area contributed by atoms with E-state index in [2.05, 4.69) is 32.7 Å². The Morgan fingerprint density at radius 1 is 1.26 bits per heavy atom. The Morgan fingerprint density at radius 3 is 2.63 bits per heavy atom. The van der Waals surface area contributed by atoms with Gasteiger partial charge in [0.2, 0.25) is 0 Å². The van der Waals surface area contributed by atoms with Crippen LogP contribution in [0.25, 0.3) is 11.0 Å². The van der Waals surface area contributed by atoms with Crippen molar-refractivity contribution in [3.8, 4) is 0 Å². The molecule has 4 N–H and O–H groups in total. The molecular weight excluding hydrogens is 240 g/mol. The zero-order chi connectivity index (χ0) is 13.5. The zero-order valence-electron chi connectivity index (χ0n) is 11.3. The first kappa shape index (κ1) is 12.4. The van der Waals surface area contributed by atoms with E-state index in [-0.39, 0.29) is 5.69 Å². The normalized spacial score (nSPS) is 18.6. The molecule has 5 heteroatoms. The maximum absolute atomic E-state index is 11.3. The molecule has 1 heterocycles. The summed E-state index contributed by atoms with van der Waals surface area (Å²) in [5, 5.41) is 6.73. The highest BCUT2D eigenvalue weighted by atomic mass is 16.1. The van der Waals surface area contributed by atoms with E-state index in [1.807, 2.05) is 20.2 Å². The van der Waals surface area contributed by atoms with Gasteiger partial charge in [-0.1, -0.05) is 6.07 Å². The summed E-state index contributed by atoms with van der Waals surface area (Å²) in [6, 6.07) is 6.47. The van der Waals surface area contributed by atoms with Gasteiger partial charge in [-0.15, -0.1) is 0 Å². The molecule has 0 radical (unpaired) electrons. The third-order valence-electron chi connectivity index (χ3n) is 4.20. The van der Waals surface area contributed by atoms with Crippen LogP contribution < -0.4 is 16.3 Å². The van der Waals surface area contributed by atoms with Crippen LogP contribution in [0, 0.1) is 5.41 Å². The highest BCUT2D eigenvalue weighted by Crippen LogP contribution is 2.54. The van der Waals surface area contributed by atoms with Crippen molar-refractivity contribution in [2.45, 2.75) is 18.9 Å². The second-order valence-electron chi connectivity index (χ2n) is 5.50. The Morgan fingerprint density at radius 2 is 2.00 bits per heavy atom. The van der Waals surface area contributed by atoms with E-state index >= 15 is 0 Å². The molecule has 5 nitrogen and oxygen atoms in total. The van der Waals surface area contributed by atoms with Gasteiger partial charge >= 0.3 is 5.69 Å². The minimum atomic E-state index is -0.149. The molecule has 0 saturated heterocycles. The van der Waals surface area contributed by atoms with E-state index in [0.29, 0.717) is 11.5 Å². The third kappa shape index (κ3) is 2.09. The number of hydrogen-bond donors (Lipinski definition) is 4. The fraction of sp³-hybridized carbons (Fsp3) is 0.500. The van der Waals surface area contributed by atoms with E-state index in [4.69, 9.17) is 0 Å². The number of imidazole rings is 1. The SMILES string of the molecule is CNCC1(C(NC)c2ccc3[nH]c(=O)[nH]c3c2)CC1. The van der Waals surface area contributed by atoms with Crippen molar-refractivity contribution in [1.82, 2.24) is 20.6 Å². The summed E-state index contributed by atoms with van der Waals surface area (Å²) in [5.74, 6) is 0. The van der Waals surface area contributed by atoms with Gasteiger partial charge in [0, 0.05) is 18.0 Å². The van der Waals surface area contributed by atoms with E-state index in [1.54, 1.807) is 0 Å². The van der Waals surface area contributed by atoms with Crippen molar-refractivity contribution in [2.75, 3.05) is 20.6 Å². The minimum Gasteiger partial charge on any atom is -0.319 e. The molecule has 1 unspecified atom stereocenters. The van der Waals surface area contributed by atoms with Crippen LogP contribution in [-0.2, 0) is 0 Å². The average Bonchev–Trinajstić information content (AvgIpc) is 3.04. The summed E-state index contributed by atoms with van der Waals surface area (Å²) in [5.41, 5.74) is 3.14. The lowest BCUT2D eigenvalue weighted by molar-refractivity contribution is 0.347. The molecule has 0 amide bonds. The van der Waals surface area contributed by atoms with E-state index in [9.17, 15) is 4.79 Å². The van der Waals surface area contributed by atoms with Crippen molar-refractivity contribution < 1.29 is 0 Å². The third-order valence-corrected chi connectivity index (χ3v) is 4.20. The topological polar surface area (TPSA) is 72.7 Å². The first-order valence-corrected chi connectivity index (χ1v) is 6.72. The lowest BCUT2D eigenvalue weighted by Gasteiger charge is -2.27. The van der Waals surface area contributed by atoms with Crippen molar-refractivity contribution in [2.24, 2.45) is 5.41 Å². The second kappa shape index (κ2) is 4.51.